The lowest BCUT2D eigenvalue weighted by Crippen LogP contribution is -2.36. The molecule has 220 valence electrons. The van der Waals surface area contributed by atoms with Gasteiger partial charge in [-0.25, -0.2) is 4.98 Å². The van der Waals surface area contributed by atoms with Gasteiger partial charge in [0.15, 0.2) is 11.6 Å². The van der Waals surface area contributed by atoms with E-state index < -0.39 is 6.04 Å². The summed E-state index contributed by atoms with van der Waals surface area (Å²) in [5.41, 5.74) is 6.93. The van der Waals surface area contributed by atoms with Gasteiger partial charge < -0.3 is 15.2 Å². The van der Waals surface area contributed by atoms with Gasteiger partial charge in [0, 0.05) is 28.8 Å². The highest BCUT2D eigenvalue weighted by Gasteiger charge is 2.41. The van der Waals surface area contributed by atoms with Gasteiger partial charge in [0.2, 0.25) is 0 Å². The standard InChI is InChI=1S/C36H30Cl2N4O2/c1-36(2)18-29-33(31(43)19-36)34(22-12-14-24(37)25(38)16-22)42(30-11-7-6-10-27(30)39-29)20-32-40-26-15-13-23(17-28(26)41-32)35(44)21-8-4-3-5-9-21/h3-17,34,39H,18-20H2,1-2H3,(H,40,41)/t34-/m0/s1. The minimum atomic E-state index is -0.442. The number of fused-ring (bicyclic) bond motifs is 2. The van der Waals surface area contributed by atoms with Gasteiger partial charge in [-0.05, 0) is 59.9 Å². The molecule has 44 heavy (non-hydrogen) atoms. The van der Waals surface area contributed by atoms with Crippen LogP contribution in [0.1, 0.15) is 60.0 Å². The van der Waals surface area contributed by atoms with Crippen LogP contribution in [0, 0.1) is 5.41 Å². The van der Waals surface area contributed by atoms with E-state index in [0.717, 1.165) is 45.7 Å². The molecule has 1 aliphatic heterocycles. The van der Waals surface area contributed by atoms with Crippen molar-refractivity contribution in [3.8, 4) is 0 Å². The second-order valence-electron chi connectivity index (χ2n) is 12.3. The number of nitrogens with one attached hydrogen (secondary N) is 2. The molecule has 0 saturated carbocycles. The van der Waals surface area contributed by atoms with Crippen LogP contribution in [0.5, 0.6) is 0 Å². The van der Waals surface area contributed by atoms with Gasteiger partial charge in [0.05, 0.1) is 45.0 Å². The average molecular weight is 622 g/mol. The molecule has 0 bridgehead atoms. The Balaban J connectivity index is 1.35. The number of nitrogens with zero attached hydrogens (tertiary/aromatic N) is 2. The van der Waals surface area contributed by atoms with Crippen molar-refractivity contribution in [1.29, 1.82) is 0 Å². The zero-order chi connectivity index (χ0) is 30.6. The van der Waals surface area contributed by atoms with Gasteiger partial charge in [0.25, 0.3) is 0 Å². The second-order valence-corrected chi connectivity index (χ2v) is 13.1. The fourth-order valence-corrected chi connectivity index (χ4v) is 6.76. The highest BCUT2D eigenvalue weighted by molar-refractivity contribution is 6.42. The van der Waals surface area contributed by atoms with Crippen molar-refractivity contribution in [1.82, 2.24) is 9.97 Å². The first kappa shape index (κ1) is 28.4. The molecule has 0 saturated heterocycles. The summed E-state index contributed by atoms with van der Waals surface area (Å²) in [6, 6.07) is 28.0. The van der Waals surface area contributed by atoms with E-state index in [2.05, 4.69) is 35.1 Å². The quantitative estimate of drug-likeness (QED) is 0.192. The van der Waals surface area contributed by atoms with Crippen molar-refractivity contribution in [3.05, 3.63) is 135 Å². The molecule has 0 unspecified atom stereocenters. The largest absolute Gasteiger partial charge is 0.357 e. The number of carbonyl (C=O) groups excluding carboxylic acids is 2. The number of benzene rings is 4. The summed E-state index contributed by atoms with van der Waals surface area (Å²) >= 11 is 12.9. The minimum absolute atomic E-state index is 0.0472. The Morgan fingerprint density at radius 2 is 1.68 bits per heavy atom. The number of allylic oxidation sites excluding steroid dienone is 1. The number of Topliss-reactive ketones (excluding diaryl/α,β-unsaturated/α-hetero) is 1. The molecule has 1 aromatic heterocycles. The number of carbonyl (C=O) groups is 2. The molecule has 8 heteroatoms. The van der Waals surface area contributed by atoms with E-state index in [1.54, 1.807) is 6.07 Å². The molecule has 5 aromatic rings. The van der Waals surface area contributed by atoms with Crippen LogP contribution < -0.4 is 10.2 Å². The zero-order valence-corrected chi connectivity index (χ0v) is 25.8. The number of rotatable bonds is 5. The van der Waals surface area contributed by atoms with Gasteiger partial charge in [-0.3, -0.25) is 9.59 Å². The van der Waals surface area contributed by atoms with Crippen LogP contribution in [0.4, 0.5) is 11.4 Å². The Morgan fingerprint density at radius 1 is 0.909 bits per heavy atom. The van der Waals surface area contributed by atoms with E-state index in [1.165, 1.54) is 0 Å². The third-order valence-corrected chi connectivity index (χ3v) is 9.15. The van der Waals surface area contributed by atoms with E-state index in [4.69, 9.17) is 28.2 Å². The number of para-hydroxylation sites is 2. The topological polar surface area (TPSA) is 78.1 Å². The number of aromatic amines is 1. The summed E-state index contributed by atoms with van der Waals surface area (Å²) in [6.07, 6.45) is 1.18. The van der Waals surface area contributed by atoms with Crippen LogP contribution in [-0.2, 0) is 11.3 Å². The molecule has 4 aromatic carbocycles. The molecule has 0 fully saturated rings. The highest BCUT2D eigenvalue weighted by Crippen LogP contribution is 2.49. The first-order valence-corrected chi connectivity index (χ1v) is 15.3. The van der Waals surface area contributed by atoms with Crippen molar-refractivity contribution in [2.75, 3.05) is 10.2 Å². The molecule has 2 heterocycles. The lowest BCUT2D eigenvalue weighted by molar-refractivity contribution is -0.118. The van der Waals surface area contributed by atoms with Crippen LogP contribution in [0.3, 0.4) is 0 Å². The molecular weight excluding hydrogens is 591 g/mol. The Hall–Kier alpha value is -4.39. The lowest BCUT2D eigenvalue weighted by Gasteiger charge is -2.38. The maximum atomic E-state index is 14.0. The molecule has 0 radical (unpaired) electrons. The smallest absolute Gasteiger partial charge is 0.193 e. The Bertz CT molecular complexity index is 1980. The van der Waals surface area contributed by atoms with Crippen LogP contribution in [0.2, 0.25) is 10.0 Å². The first-order chi connectivity index (χ1) is 21.2. The van der Waals surface area contributed by atoms with Gasteiger partial charge in [-0.1, -0.05) is 85.6 Å². The van der Waals surface area contributed by atoms with Gasteiger partial charge >= 0.3 is 0 Å². The fourth-order valence-electron chi connectivity index (χ4n) is 6.45. The first-order valence-electron chi connectivity index (χ1n) is 14.6. The maximum absolute atomic E-state index is 14.0. The number of ketones is 2. The molecule has 0 amide bonds. The number of aromatic nitrogens is 2. The number of imidazole rings is 1. The molecule has 1 aliphatic carbocycles. The van der Waals surface area contributed by atoms with E-state index in [1.807, 2.05) is 78.9 Å². The van der Waals surface area contributed by atoms with Crippen LogP contribution in [-0.4, -0.2) is 21.5 Å². The number of H-pyrrole nitrogens is 1. The predicted octanol–water partition coefficient (Wildman–Crippen LogP) is 8.92. The third-order valence-electron chi connectivity index (χ3n) is 8.41. The van der Waals surface area contributed by atoms with Crippen molar-refractivity contribution in [3.63, 3.8) is 0 Å². The van der Waals surface area contributed by atoms with E-state index in [-0.39, 0.29) is 17.0 Å². The molecular formula is C36H30Cl2N4O2. The Labute approximate surface area is 265 Å². The fraction of sp³-hybridized carbons (Fsp3) is 0.194. The van der Waals surface area contributed by atoms with Crippen LogP contribution >= 0.6 is 23.2 Å². The van der Waals surface area contributed by atoms with Crippen molar-refractivity contribution in [2.24, 2.45) is 5.41 Å². The lowest BCUT2D eigenvalue weighted by atomic mass is 9.73. The number of hydrogen-bond acceptors (Lipinski definition) is 5. The van der Waals surface area contributed by atoms with E-state index >= 15 is 0 Å². The third kappa shape index (κ3) is 5.18. The predicted molar refractivity (Wildman–Crippen MR) is 176 cm³/mol. The summed E-state index contributed by atoms with van der Waals surface area (Å²) < 4.78 is 0. The molecule has 2 aliphatic rings. The number of hydrogen-bond donors (Lipinski definition) is 2. The zero-order valence-electron chi connectivity index (χ0n) is 24.3. The SMILES string of the molecule is CC1(C)CC(=O)C2=C(C1)Nc1ccccc1N(Cc1nc3ccc(C(=O)c4ccccc4)cc3[nH]1)[C@H]2c1ccc(Cl)c(Cl)c1. The van der Waals surface area contributed by atoms with Gasteiger partial charge in [-0.2, -0.15) is 0 Å². The van der Waals surface area contributed by atoms with Crippen molar-refractivity contribution in [2.45, 2.75) is 39.3 Å². The number of halogens is 2. The molecule has 0 spiro atoms. The second kappa shape index (κ2) is 11.0. The average Bonchev–Trinajstić information content (AvgIpc) is 3.35. The summed E-state index contributed by atoms with van der Waals surface area (Å²) in [5, 5.41) is 4.53. The summed E-state index contributed by atoms with van der Waals surface area (Å²) in [5.74, 6) is 0.761. The van der Waals surface area contributed by atoms with Crippen molar-refractivity contribution >= 4 is 57.2 Å². The normalized spacial score (nSPS) is 17.6. The summed E-state index contributed by atoms with van der Waals surface area (Å²) in [4.78, 5) is 37.7. The minimum Gasteiger partial charge on any atom is -0.357 e. The Morgan fingerprint density at radius 3 is 2.48 bits per heavy atom. The molecule has 1 atom stereocenters. The van der Waals surface area contributed by atoms with E-state index in [0.29, 0.717) is 40.0 Å². The molecule has 7 rings (SSSR count). The maximum Gasteiger partial charge on any atom is 0.193 e. The van der Waals surface area contributed by atoms with Gasteiger partial charge in [-0.15, -0.1) is 0 Å². The van der Waals surface area contributed by atoms with Gasteiger partial charge in [0.1, 0.15) is 5.82 Å². The van der Waals surface area contributed by atoms with E-state index in [9.17, 15) is 9.59 Å². The molecule has 2 N–H and O–H groups in total. The highest BCUT2D eigenvalue weighted by atomic mass is 35.5. The number of anilines is 2. The van der Waals surface area contributed by atoms with Crippen LogP contribution in [0.15, 0.2) is 102 Å². The van der Waals surface area contributed by atoms with Crippen LogP contribution in [0.25, 0.3) is 11.0 Å². The Kier molecular flexibility index (Phi) is 7.07. The van der Waals surface area contributed by atoms with Crippen molar-refractivity contribution < 1.29 is 9.59 Å². The summed E-state index contributed by atoms with van der Waals surface area (Å²) in [6.45, 7) is 4.63. The molecule has 6 nitrogen and oxygen atoms in total. The monoisotopic (exact) mass is 620 g/mol. The summed E-state index contributed by atoms with van der Waals surface area (Å²) in [7, 11) is 0.